The first-order chi connectivity index (χ1) is 16.7. The third-order valence-corrected chi connectivity index (χ3v) is 6.20. The summed E-state index contributed by atoms with van der Waals surface area (Å²) >= 11 is 0. The van der Waals surface area contributed by atoms with E-state index in [9.17, 15) is 9.59 Å². The zero-order chi connectivity index (χ0) is 25.4. The average molecular weight is 485 g/mol. The molecule has 1 aromatic heterocycles. The Morgan fingerprint density at radius 3 is 2.63 bits per heavy atom. The minimum Gasteiger partial charge on any atom is -0.460 e. The second-order valence-electron chi connectivity index (χ2n) is 9.93. The predicted molar refractivity (Wildman–Crippen MR) is 130 cm³/mol. The zero-order valence-electron chi connectivity index (χ0n) is 21.1. The van der Waals surface area contributed by atoms with Crippen LogP contribution in [0.15, 0.2) is 28.8 Å². The van der Waals surface area contributed by atoms with Crippen LogP contribution < -0.4 is 5.32 Å². The van der Waals surface area contributed by atoms with E-state index in [2.05, 4.69) is 15.5 Å². The molecule has 9 nitrogen and oxygen atoms in total. The van der Waals surface area contributed by atoms with Gasteiger partial charge < -0.3 is 19.3 Å². The van der Waals surface area contributed by atoms with E-state index in [-0.39, 0.29) is 24.0 Å². The SMILES string of the molecule is CCOC(=O)c1noc([C@@H](NC(=O)C(=N)c2ccccc2CCCC2CCOCC2)C(C)(C)C)n1. The number of aromatic nitrogens is 2. The molecule has 1 fully saturated rings. The van der Waals surface area contributed by atoms with Crippen molar-refractivity contribution in [3.63, 3.8) is 0 Å². The van der Waals surface area contributed by atoms with Gasteiger partial charge in [0.25, 0.3) is 11.7 Å². The molecule has 2 aromatic rings. The van der Waals surface area contributed by atoms with E-state index in [0.717, 1.165) is 50.9 Å². The third-order valence-electron chi connectivity index (χ3n) is 6.20. The highest BCUT2D eigenvalue weighted by atomic mass is 16.5. The summed E-state index contributed by atoms with van der Waals surface area (Å²) in [5.74, 6) is -0.663. The van der Waals surface area contributed by atoms with E-state index >= 15 is 0 Å². The van der Waals surface area contributed by atoms with Crippen LogP contribution in [0.25, 0.3) is 0 Å². The first kappa shape index (κ1) is 26.5. The molecule has 0 saturated carbocycles. The molecule has 2 heterocycles. The summed E-state index contributed by atoms with van der Waals surface area (Å²) in [5, 5.41) is 15.2. The molecule has 0 radical (unpaired) electrons. The van der Waals surface area contributed by atoms with Gasteiger partial charge in [0, 0.05) is 18.8 Å². The van der Waals surface area contributed by atoms with Gasteiger partial charge in [-0.2, -0.15) is 4.98 Å². The number of nitrogens with one attached hydrogen (secondary N) is 2. The highest BCUT2D eigenvalue weighted by Gasteiger charge is 2.35. The van der Waals surface area contributed by atoms with Crippen LogP contribution in [-0.4, -0.2) is 47.5 Å². The molecule has 35 heavy (non-hydrogen) atoms. The van der Waals surface area contributed by atoms with E-state index in [1.165, 1.54) is 0 Å². The normalized spacial score (nSPS) is 15.4. The summed E-state index contributed by atoms with van der Waals surface area (Å²) < 4.78 is 15.6. The van der Waals surface area contributed by atoms with Crippen LogP contribution in [0, 0.1) is 16.7 Å². The lowest BCUT2D eigenvalue weighted by Gasteiger charge is -2.28. The predicted octanol–water partition coefficient (Wildman–Crippen LogP) is 4.27. The van der Waals surface area contributed by atoms with E-state index in [0.29, 0.717) is 11.5 Å². The lowest BCUT2D eigenvalue weighted by Crippen LogP contribution is -2.40. The molecule has 1 atom stereocenters. The summed E-state index contributed by atoms with van der Waals surface area (Å²) in [5.41, 5.74) is 0.959. The fourth-order valence-corrected chi connectivity index (χ4v) is 4.20. The lowest BCUT2D eigenvalue weighted by molar-refractivity contribution is -0.116. The molecule has 2 N–H and O–H groups in total. The standard InChI is InChI=1S/C26H36N4O5/c1-5-34-25(32)22-29-24(35-30-22)21(26(2,3)4)28-23(31)20(27)19-12-7-6-10-18(19)11-8-9-17-13-15-33-16-14-17/h6-7,10,12,17,21,27H,5,8-9,11,13-16H2,1-4H3,(H,28,31)/t21-/m1/s1. The van der Waals surface area contributed by atoms with Crippen LogP contribution in [0.4, 0.5) is 0 Å². The van der Waals surface area contributed by atoms with Gasteiger partial charge in [-0.25, -0.2) is 4.79 Å². The van der Waals surface area contributed by atoms with Crippen molar-refractivity contribution >= 4 is 17.6 Å². The highest BCUT2D eigenvalue weighted by molar-refractivity contribution is 6.44. The number of ether oxygens (including phenoxy) is 2. The van der Waals surface area contributed by atoms with Gasteiger partial charge in [0.05, 0.1) is 6.61 Å². The number of carbonyl (C=O) groups is 2. The Bertz CT molecular complexity index is 1020. The molecule has 0 bridgehead atoms. The van der Waals surface area contributed by atoms with Gasteiger partial charge in [-0.3, -0.25) is 10.2 Å². The van der Waals surface area contributed by atoms with Crippen molar-refractivity contribution in [2.24, 2.45) is 11.3 Å². The van der Waals surface area contributed by atoms with Crippen LogP contribution >= 0.6 is 0 Å². The Kier molecular flexibility index (Phi) is 9.14. The summed E-state index contributed by atoms with van der Waals surface area (Å²) in [6.45, 7) is 9.25. The van der Waals surface area contributed by atoms with Crippen molar-refractivity contribution in [1.82, 2.24) is 15.5 Å². The molecule has 1 aromatic carbocycles. The number of hydrogen-bond donors (Lipinski definition) is 2. The number of nitrogens with zero attached hydrogens (tertiary/aromatic N) is 2. The van der Waals surface area contributed by atoms with Crippen molar-refractivity contribution in [1.29, 1.82) is 5.41 Å². The highest BCUT2D eigenvalue weighted by Crippen LogP contribution is 2.32. The number of rotatable bonds is 10. The topological polar surface area (TPSA) is 127 Å². The van der Waals surface area contributed by atoms with Crippen LogP contribution in [0.1, 0.15) is 87.1 Å². The maximum absolute atomic E-state index is 13.2. The quantitative estimate of drug-likeness (QED) is 0.381. The fourth-order valence-electron chi connectivity index (χ4n) is 4.20. The van der Waals surface area contributed by atoms with E-state index in [1.54, 1.807) is 6.92 Å². The first-order valence-corrected chi connectivity index (χ1v) is 12.3. The van der Waals surface area contributed by atoms with Gasteiger partial charge in [-0.15, -0.1) is 0 Å². The van der Waals surface area contributed by atoms with Gasteiger partial charge >= 0.3 is 5.97 Å². The first-order valence-electron chi connectivity index (χ1n) is 12.3. The smallest absolute Gasteiger partial charge is 0.379 e. The number of benzene rings is 1. The number of amides is 1. The molecule has 3 rings (SSSR count). The summed E-state index contributed by atoms with van der Waals surface area (Å²) in [6, 6.07) is 6.86. The van der Waals surface area contributed by atoms with Crippen molar-refractivity contribution in [3.8, 4) is 0 Å². The number of esters is 1. The van der Waals surface area contributed by atoms with Gasteiger partial charge in [-0.1, -0.05) is 45.0 Å². The molecule has 1 amide bonds. The molecule has 0 spiro atoms. The summed E-state index contributed by atoms with van der Waals surface area (Å²) in [6.07, 6.45) is 5.12. The van der Waals surface area contributed by atoms with Crippen LogP contribution in [-0.2, 0) is 20.7 Å². The lowest BCUT2D eigenvalue weighted by atomic mass is 9.86. The van der Waals surface area contributed by atoms with Crippen molar-refractivity contribution in [3.05, 3.63) is 47.1 Å². The Morgan fingerprint density at radius 1 is 1.23 bits per heavy atom. The van der Waals surface area contributed by atoms with E-state index < -0.39 is 23.3 Å². The molecule has 0 aliphatic carbocycles. The van der Waals surface area contributed by atoms with Gasteiger partial charge in [0.2, 0.25) is 5.89 Å². The molecule has 1 aliphatic rings. The second-order valence-corrected chi connectivity index (χ2v) is 9.93. The van der Waals surface area contributed by atoms with Gasteiger partial charge in [0.1, 0.15) is 11.8 Å². The maximum Gasteiger partial charge on any atom is 0.379 e. The van der Waals surface area contributed by atoms with Gasteiger partial charge in [-0.05, 0) is 61.1 Å². The maximum atomic E-state index is 13.2. The molecule has 1 aliphatic heterocycles. The minimum atomic E-state index is -0.702. The average Bonchev–Trinajstić information content (AvgIpc) is 3.32. The van der Waals surface area contributed by atoms with Crippen LogP contribution in [0.5, 0.6) is 0 Å². The Hall–Kier alpha value is -3.07. The summed E-state index contributed by atoms with van der Waals surface area (Å²) in [4.78, 5) is 29.2. The van der Waals surface area contributed by atoms with Crippen molar-refractivity contribution < 1.29 is 23.6 Å². The van der Waals surface area contributed by atoms with E-state index in [4.69, 9.17) is 19.4 Å². The second kappa shape index (κ2) is 12.1. The zero-order valence-corrected chi connectivity index (χ0v) is 21.1. The van der Waals surface area contributed by atoms with Gasteiger partial charge in [0.15, 0.2) is 0 Å². The monoisotopic (exact) mass is 484 g/mol. The van der Waals surface area contributed by atoms with E-state index in [1.807, 2.05) is 45.0 Å². The van der Waals surface area contributed by atoms with Crippen LogP contribution in [0.2, 0.25) is 0 Å². The molecule has 1 saturated heterocycles. The molecular formula is C26H36N4O5. The van der Waals surface area contributed by atoms with Crippen molar-refractivity contribution in [2.45, 2.75) is 65.8 Å². The number of aryl methyl sites for hydroxylation is 1. The number of carbonyl (C=O) groups excluding carboxylic acids is 2. The molecule has 190 valence electrons. The number of hydrogen-bond acceptors (Lipinski definition) is 8. The van der Waals surface area contributed by atoms with Crippen LogP contribution in [0.3, 0.4) is 0 Å². The Labute approximate surface area is 206 Å². The fraction of sp³-hybridized carbons (Fsp3) is 0.577. The minimum absolute atomic E-state index is 0.0893. The molecule has 0 unspecified atom stereocenters. The largest absolute Gasteiger partial charge is 0.460 e. The third kappa shape index (κ3) is 7.21. The Balaban J connectivity index is 1.70. The Morgan fingerprint density at radius 2 is 1.94 bits per heavy atom. The van der Waals surface area contributed by atoms with Crippen molar-refractivity contribution in [2.75, 3.05) is 19.8 Å². The summed E-state index contributed by atoms with van der Waals surface area (Å²) in [7, 11) is 0. The molecule has 9 heteroatoms. The molecular weight excluding hydrogens is 448 g/mol.